The van der Waals surface area contributed by atoms with Crippen molar-refractivity contribution >= 4 is 5.69 Å². The standard InChI is InChI=1S/C13H19FN2O/c1-15-12(9-17-2)8-16-6-5-10-3-4-11(14)7-13(10)16/h3-4,7,12,15H,5-6,8-9H2,1-2H3. The Labute approximate surface area is 102 Å². The van der Waals surface area contributed by atoms with Gasteiger partial charge in [0.15, 0.2) is 0 Å². The molecule has 1 N–H and O–H groups in total. The highest BCUT2D eigenvalue weighted by molar-refractivity contribution is 5.58. The number of halogens is 1. The number of hydrogen-bond acceptors (Lipinski definition) is 3. The summed E-state index contributed by atoms with van der Waals surface area (Å²) >= 11 is 0. The van der Waals surface area contributed by atoms with Gasteiger partial charge in [-0.2, -0.15) is 0 Å². The van der Waals surface area contributed by atoms with Crippen LogP contribution in [0, 0.1) is 5.82 Å². The van der Waals surface area contributed by atoms with Crippen LogP contribution in [0.4, 0.5) is 10.1 Å². The summed E-state index contributed by atoms with van der Waals surface area (Å²) in [5, 5.41) is 3.21. The molecule has 1 unspecified atom stereocenters. The Morgan fingerprint density at radius 3 is 3.06 bits per heavy atom. The van der Waals surface area contributed by atoms with Gasteiger partial charge in [0.1, 0.15) is 5.82 Å². The van der Waals surface area contributed by atoms with Gasteiger partial charge < -0.3 is 15.0 Å². The van der Waals surface area contributed by atoms with Crippen LogP contribution in [0.1, 0.15) is 5.56 Å². The highest BCUT2D eigenvalue weighted by atomic mass is 19.1. The van der Waals surface area contributed by atoms with Gasteiger partial charge in [0, 0.05) is 31.9 Å². The van der Waals surface area contributed by atoms with E-state index in [4.69, 9.17) is 4.74 Å². The average Bonchev–Trinajstić information content (AvgIpc) is 2.71. The van der Waals surface area contributed by atoms with Crippen LogP contribution in [0.5, 0.6) is 0 Å². The van der Waals surface area contributed by atoms with Crippen LogP contribution in [0.2, 0.25) is 0 Å². The molecule has 4 heteroatoms. The van der Waals surface area contributed by atoms with E-state index in [0.29, 0.717) is 6.61 Å². The Bertz CT molecular complexity index is 384. The number of methoxy groups -OCH3 is 1. The zero-order valence-electron chi connectivity index (χ0n) is 10.4. The third-order valence-corrected chi connectivity index (χ3v) is 3.26. The fourth-order valence-electron chi connectivity index (χ4n) is 2.30. The van der Waals surface area contributed by atoms with Gasteiger partial charge in [-0.15, -0.1) is 0 Å². The first-order valence-corrected chi connectivity index (χ1v) is 5.94. The van der Waals surface area contributed by atoms with Gasteiger partial charge in [0.2, 0.25) is 0 Å². The number of benzene rings is 1. The molecule has 0 amide bonds. The van der Waals surface area contributed by atoms with Crippen molar-refractivity contribution in [3.05, 3.63) is 29.6 Å². The molecule has 0 spiro atoms. The SMILES string of the molecule is CNC(COC)CN1CCc2ccc(F)cc21. The van der Waals surface area contributed by atoms with E-state index in [9.17, 15) is 4.39 Å². The molecule has 1 aliphatic heterocycles. The maximum atomic E-state index is 13.2. The normalized spacial score (nSPS) is 16.1. The van der Waals surface area contributed by atoms with Crippen molar-refractivity contribution in [2.75, 3.05) is 38.8 Å². The van der Waals surface area contributed by atoms with Gasteiger partial charge in [-0.25, -0.2) is 4.39 Å². The van der Waals surface area contributed by atoms with Crippen molar-refractivity contribution in [3.63, 3.8) is 0 Å². The van der Waals surface area contributed by atoms with Gasteiger partial charge in [0.05, 0.1) is 6.61 Å². The summed E-state index contributed by atoms with van der Waals surface area (Å²) in [6.07, 6.45) is 0.999. The molecule has 1 atom stereocenters. The van der Waals surface area contributed by atoms with Crippen molar-refractivity contribution < 1.29 is 9.13 Å². The average molecular weight is 238 g/mol. The second-order valence-corrected chi connectivity index (χ2v) is 4.41. The van der Waals surface area contributed by atoms with Gasteiger partial charge in [0.25, 0.3) is 0 Å². The number of nitrogens with zero attached hydrogens (tertiary/aromatic N) is 1. The molecule has 0 saturated carbocycles. The summed E-state index contributed by atoms with van der Waals surface area (Å²) in [5.74, 6) is -0.164. The predicted molar refractivity (Wildman–Crippen MR) is 67.0 cm³/mol. The third kappa shape index (κ3) is 2.76. The molecule has 1 aliphatic rings. The summed E-state index contributed by atoms with van der Waals surface area (Å²) in [7, 11) is 3.62. The van der Waals surface area contributed by atoms with E-state index in [1.165, 1.54) is 11.6 Å². The quantitative estimate of drug-likeness (QED) is 0.839. The first-order valence-electron chi connectivity index (χ1n) is 5.94. The minimum absolute atomic E-state index is 0.164. The molecule has 1 aromatic carbocycles. The maximum Gasteiger partial charge on any atom is 0.125 e. The number of hydrogen-bond donors (Lipinski definition) is 1. The Balaban J connectivity index is 2.08. The molecular formula is C13H19FN2O. The lowest BCUT2D eigenvalue weighted by Gasteiger charge is -2.25. The maximum absolute atomic E-state index is 13.2. The van der Waals surface area contributed by atoms with E-state index in [-0.39, 0.29) is 11.9 Å². The highest BCUT2D eigenvalue weighted by Crippen LogP contribution is 2.28. The van der Waals surface area contributed by atoms with E-state index in [0.717, 1.165) is 25.2 Å². The highest BCUT2D eigenvalue weighted by Gasteiger charge is 2.21. The Kier molecular flexibility index (Phi) is 3.97. The summed E-state index contributed by atoms with van der Waals surface area (Å²) < 4.78 is 18.4. The smallest absolute Gasteiger partial charge is 0.125 e. The Morgan fingerprint density at radius 2 is 2.35 bits per heavy atom. The van der Waals surface area contributed by atoms with Crippen LogP contribution in [-0.2, 0) is 11.2 Å². The van der Waals surface area contributed by atoms with E-state index < -0.39 is 0 Å². The second kappa shape index (κ2) is 5.47. The van der Waals surface area contributed by atoms with Crippen molar-refractivity contribution in [1.82, 2.24) is 5.32 Å². The number of nitrogens with one attached hydrogen (secondary N) is 1. The lowest BCUT2D eigenvalue weighted by molar-refractivity contribution is 0.171. The molecule has 0 aliphatic carbocycles. The summed E-state index contributed by atoms with van der Waals surface area (Å²) in [6.45, 7) is 2.47. The zero-order valence-corrected chi connectivity index (χ0v) is 10.4. The van der Waals surface area contributed by atoms with Crippen molar-refractivity contribution in [2.45, 2.75) is 12.5 Å². The van der Waals surface area contributed by atoms with Crippen molar-refractivity contribution in [3.8, 4) is 0 Å². The van der Waals surface area contributed by atoms with Gasteiger partial charge in [-0.1, -0.05) is 6.07 Å². The first-order chi connectivity index (χ1) is 8.24. The van der Waals surface area contributed by atoms with Crippen LogP contribution in [-0.4, -0.2) is 39.9 Å². The van der Waals surface area contributed by atoms with Crippen LogP contribution < -0.4 is 10.2 Å². The minimum Gasteiger partial charge on any atom is -0.383 e. The van der Waals surface area contributed by atoms with E-state index in [2.05, 4.69) is 10.2 Å². The largest absolute Gasteiger partial charge is 0.383 e. The minimum atomic E-state index is -0.164. The fraction of sp³-hybridized carbons (Fsp3) is 0.538. The second-order valence-electron chi connectivity index (χ2n) is 4.41. The molecule has 1 aromatic rings. The fourth-order valence-corrected chi connectivity index (χ4v) is 2.30. The Hall–Kier alpha value is -1.13. The molecule has 17 heavy (non-hydrogen) atoms. The topological polar surface area (TPSA) is 24.5 Å². The molecule has 0 bridgehead atoms. The molecule has 0 aromatic heterocycles. The molecule has 94 valence electrons. The van der Waals surface area contributed by atoms with Gasteiger partial charge in [-0.05, 0) is 31.2 Å². The van der Waals surface area contributed by atoms with Crippen LogP contribution in [0.3, 0.4) is 0 Å². The third-order valence-electron chi connectivity index (χ3n) is 3.26. The van der Waals surface area contributed by atoms with Gasteiger partial charge in [-0.3, -0.25) is 0 Å². The van der Waals surface area contributed by atoms with Crippen LogP contribution in [0.15, 0.2) is 18.2 Å². The number of anilines is 1. The molecule has 0 saturated heterocycles. The van der Waals surface area contributed by atoms with Crippen LogP contribution >= 0.6 is 0 Å². The first kappa shape index (κ1) is 12.3. The van der Waals surface area contributed by atoms with Crippen molar-refractivity contribution in [2.24, 2.45) is 0 Å². The molecule has 0 radical (unpaired) electrons. The van der Waals surface area contributed by atoms with Gasteiger partial charge >= 0.3 is 0 Å². The monoisotopic (exact) mass is 238 g/mol. The molecule has 1 heterocycles. The predicted octanol–water partition coefficient (Wildman–Crippen LogP) is 1.42. The molecule has 0 fully saturated rings. The zero-order chi connectivity index (χ0) is 12.3. The molecule has 3 nitrogen and oxygen atoms in total. The van der Waals surface area contributed by atoms with E-state index in [1.54, 1.807) is 13.2 Å². The van der Waals surface area contributed by atoms with Crippen molar-refractivity contribution in [1.29, 1.82) is 0 Å². The number of fused-ring (bicyclic) bond motifs is 1. The lowest BCUT2D eigenvalue weighted by atomic mass is 10.1. The summed E-state index contributed by atoms with van der Waals surface area (Å²) in [5.41, 5.74) is 2.26. The molecule has 2 rings (SSSR count). The summed E-state index contributed by atoms with van der Waals surface area (Å²) in [4.78, 5) is 2.22. The number of rotatable bonds is 5. The van der Waals surface area contributed by atoms with E-state index in [1.807, 2.05) is 13.1 Å². The number of ether oxygens (including phenoxy) is 1. The molecular weight excluding hydrogens is 219 g/mol. The number of likely N-dealkylation sites (N-methyl/N-ethyl adjacent to an activating group) is 1. The van der Waals surface area contributed by atoms with E-state index >= 15 is 0 Å². The Morgan fingerprint density at radius 1 is 1.53 bits per heavy atom. The van der Waals surface area contributed by atoms with Crippen LogP contribution in [0.25, 0.3) is 0 Å². The summed E-state index contributed by atoms with van der Waals surface area (Å²) in [6, 6.07) is 5.32. The lowest BCUT2D eigenvalue weighted by Crippen LogP contribution is -2.41.